The summed E-state index contributed by atoms with van der Waals surface area (Å²) >= 11 is 0. The summed E-state index contributed by atoms with van der Waals surface area (Å²) in [6.45, 7) is 9.26. The fourth-order valence-corrected chi connectivity index (χ4v) is 1.40. The predicted octanol–water partition coefficient (Wildman–Crippen LogP) is 4.12. The molecule has 1 rings (SSSR count). The Morgan fingerprint density at radius 1 is 1.33 bits per heavy atom. The molecule has 0 atom stereocenters. The van der Waals surface area contributed by atoms with E-state index in [0.717, 1.165) is 12.1 Å². The molecule has 3 heteroatoms. The van der Waals surface area contributed by atoms with Crippen LogP contribution in [0.4, 0.5) is 10.5 Å². The van der Waals surface area contributed by atoms with E-state index in [1.54, 1.807) is 18.2 Å². The van der Waals surface area contributed by atoms with Crippen molar-refractivity contribution < 1.29 is 7.65 Å². The number of carbonyl (C=O) groups excluding carboxylic acids is 1. The van der Waals surface area contributed by atoms with Crippen LogP contribution in [-0.4, -0.2) is 6.03 Å². The molecule has 0 aliphatic carbocycles. The van der Waals surface area contributed by atoms with E-state index in [1.165, 1.54) is 5.56 Å². The Morgan fingerprint density at radius 2 is 2.00 bits per heavy atom. The molecule has 2 amide bonds. The lowest BCUT2D eigenvalue weighted by Gasteiger charge is -2.08. The maximum Gasteiger partial charge on any atom is 0.323 e. The molecule has 0 spiro atoms. The first-order valence-corrected chi connectivity index (χ1v) is 5.81. The summed E-state index contributed by atoms with van der Waals surface area (Å²) < 4.78 is 0. The zero-order chi connectivity index (χ0) is 13.4. The number of amides is 2. The monoisotopic (exact) mass is 246 g/mol. The number of anilines is 1. The van der Waals surface area contributed by atoms with Crippen LogP contribution in [0.15, 0.2) is 61.3 Å². The van der Waals surface area contributed by atoms with Gasteiger partial charge in [-0.25, -0.2) is 4.79 Å². The molecule has 3 nitrogen and oxygen atoms in total. The van der Waals surface area contributed by atoms with Crippen molar-refractivity contribution in [3.63, 3.8) is 0 Å². The smallest absolute Gasteiger partial charge is 0.308 e. The van der Waals surface area contributed by atoms with E-state index in [9.17, 15) is 4.79 Å². The Bertz CT molecular complexity index is 467. The summed E-state index contributed by atoms with van der Waals surface area (Å²) in [5.41, 5.74) is 2.60. The zero-order valence-corrected chi connectivity index (χ0v) is 10.6. The third-order valence-corrected chi connectivity index (χ3v) is 2.40. The van der Waals surface area contributed by atoms with E-state index < -0.39 is 0 Å². The van der Waals surface area contributed by atoms with Crippen molar-refractivity contribution >= 4 is 11.7 Å². The summed E-state index contributed by atoms with van der Waals surface area (Å²) in [6, 6.07) is 7.44. The highest BCUT2D eigenvalue weighted by Gasteiger charge is 2.02. The first kappa shape index (κ1) is 13.8. The Hall–Kier alpha value is -2.29. The topological polar surface area (TPSA) is 41.1 Å². The van der Waals surface area contributed by atoms with Gasteiger partial charge < -0.3 is 10.6 Å². The van der Waals surface area contributed by atoms with E-state index >= 15 is 0 Å². The van der Waals surface area contributed by atoms with Gasteiger partial charge in [-0.3, -0.25) is 0 Å². The highest BCUT2D eigenvalue weighted by atomic mass is 16.2. The normalized spacial score (nSPS) is 10.6. The third-order valence-electron chi connectivity index (χ3n) is 2.40. The molecule has 0 saturated heterocycles. The van der Waals surface area contributed by atoms with Gasteiger partial charge in [0.15, 0.2) is 0 Å². The molecule has 1 aromatic carbocycles. The molecule has 2 N–H and O–H groups in total. The number of urea groups is 1. The highest BCUT2D eigenvalue weighted by molar-refractivity contribution is 5.90. The van der Waals surface area contributed by atoms with Crippen molar-refractivity contribution in [2.45, 2.75) is 13.3 Å². The van der Waals surface area contributed by atoms with Crippen molar-refractivity contribution in [2.24, 2.45) is 0 Å². The molecule has 0 radical (unpaired) electrons. The van der Waals surface area contributed by atoms with Crippen LogP contribution in [-0.2, 0) is 6.42 Å². The van der Waals surface area contributed by atoms with Crippen LogP contribution in [0.3, 0.4) is 0 Å². The van der Waals surface area contributed by atoms with Gasteiger partial charge in [0, 0.05) is 14.2 Å². The van der Waals surface area contributed by atoms with E-state index in [-0.39, 0.29) is 8.88 Å². The Balaban J connectivity index is 0. The maximum atomic E-state index is 11.7. The Morgan fingerprint density at radius 3 is 2.50 bits per heavy atom. The van der Waals surface area contributed by atoms with Gasteiger partial charge in [0.05, 0.1) is 0 Å². The van der Waals surface area contributed by atoms with Crippen molar-refractivity contribution in [3.8, 4) is 0 Å². The molecule has 0 aliphatic heterocycles. The number of allylic oxidation sites excluding steroid dienone is 3. The molecule has 0 aromatic heterocycles. The lowest BCUT2D eigenvalue weighted by atomic mass is 10.1. The number of hydrogen-bond donors (Lipinski definition) is 2. The van der Waals surface area contributed by atoms with Gasteiger partial charge in [0.25, 0.3) is 0 Å². The highest BCUT2D eigenvalue weighted by Crippen LogP contribution is 2.09. The second kappa shape index (κ2) is 7.12. The predicted molar refractivity (Wildman–Crippen MR) is 80.7 cm³/mol. The fourth-order valence-electron chi connectivity index (χ4n) is 1.40. The number of benzene rings is 1. The van der Waals surface area contributed by atoms with Crippen LogP contribution in [0.25, 0.3) is 0 Å². The molecular weight excluding hydrogens is 224 g/mol. The van der Waals surface area contributed by atoms with Crippen molar-refractivity contribution in [1.82, 2.24) is 5.32 Å². The quantitative estimate of drug-likeness (QED) is 0.754. The van der Waals surface area contributed by atoms with Crippen LogP contribution in [0.5, 0.6) is 0 Å². The number of nitrogens with one attached hydrogen (secondary N) is 2. The van der Waals surface area contributed by atoms with Gasteiger partial charge in [0.1, 0.15) is 0 Å². The van der Waals surface area contributed by atoms with Crippen LogP contribution in [0.2, 0.25) is 0 Å². The van der Waals surface area contributed by atoms with E-state index in [2.05, 4.69) is 30.7 Å². The molecule has 98 valence electrons. The lowest BCUT2D eigenvalue weighted by molar-refractivity contribution is 0.254. The molecule has 1 aromatic rings. The minimum absolute atomic E-state index is 0. The van der Waals surface area contributed by atoms with Crippen LogP contribution in [0, 0.1) is 0 Å². The lowest BCUT2D eigenvalue weighted by Crippen LogP contribution is -2.27. The van der Waals surface area contributed by atoms with E-state index in [1.807, 2.05) is 24.3 Å². The number of carbonyl (C=O) groups is 1. The molecule has 0 saturated carbocycles. The second-order valence-corrected chi connectivity index (χ2v) is 3.69. The maximum absolute atomic E-state index is 11.7. The van der Waals surface area contributed by atoms with Gasteiger partial charge in [0.2, 0.25) is 0 Å². The molecule has 0 heterocycles. The number of aryl methyl sites for hydroxylation is 1. The first-order valence-electron chi connectivity index (χ1n) is 5.81. The number of hydrogen-bond acceptors (Lipinski definition) is 1. The molecule has 18 heavy (non-hydrogen) atoms. The average molecular weight is 246 g/mol. The summed E-state index contributed by atoms with van der Waals surface area (Å²) in [7, 11) is 0. The molecule has 0 unspecified atom stereocenters. The molecule has 0 aliphatic rings. The minimum atomic E-state index is -0.299. The van der Waals surface area contributed by atoms with Gasteiger partial charge in [-0.1, -0.05) is 38.3 Å². The summed E-state index contributed by atoms with van der Waals surface area (Å²) in [4.78, 5) is 11.7. The number of rotatable bonds is 5. The van der Waals surface area contributed by atoms with Crippen LogP contribution in [0.1, 0.15) is 15.3 Å². The van der Waals surface area contributed by atoms with Gasteiger partial charge >= 0.3 is 6.03 Å². The minimum Gasteiger partial charge on any atom is -0.308 e. The third kappa shape index (κ3) is 4.29. The zero-order valence-electron chi connectivity index (χ0n) is 10.6. The molecular formula is C15H22N2O. The Labute approximate surface area is 111 Å². The first-order chi connectivity index (χ1) is 8.69. The van der Waals surface area contributed by atoms with Crippen molar-refractivity contribution in [3.05, 3.63) is 66.9 Å². The summed E-state index contributed by atoms with van der Waals surface area (Å²) in [6.07, 6.45) is 5.80. The van der Waals surface area contributed by atoms with Crippen molar-refractivity contribution in [2.75, 3.05) is 5.32 Å². The standard InChI is InChI=1S/C15H18N2O.2H2/c1-4-7-13(6-3)16-15(18)17-14-10-8-12(5-2)9-11-14;;/h4,6-11H,1,3,5H2,2H3,(H2,16,17,18);2*1H/b13-7+;;. The van der Waals surface area contributed by atoms with E-state index in [4.69, 9.17) is 0 Å². The van der Waals surface area contributed by atoms with Crippen LogP contribution >= 0.6 is 0 Å². The average Bonchev–Trinajstić information content (AvgIpc) is 2.39. The fraction of sp³-hybridized carbons (Fsp3) is 0.133. The van der Waals surface area contributed by atoms with E-state index in [0.29, 0.717) is 5.70 Å². The summed E-state index contributed by atoms with van der Waals surface area (Å²) in [5.74, 6) is 0. The molecule has 0 bridgehead atoms. The Kier molecular flexibility index (Phi) is 5.45. The van der Waals surface area contributed by atoms with Gasteiger partial charge in [-0.2, -0.15) is 0 Å². The van der Waals surface area contributed by atoms with Gasteiger partial charge in [-0.05, 0) is 36.3 Å². The SMILES string of the molecule is C=C/C=C(\C=C)NC(=O)Nc1ccc(CC)cc1.[HH].[HH]. The summed E-state index contributed by atoms with van der Waals surface area (Å²) in [5, 5.41) is 5.41. The van der Waals surface area contributed by atoms with Crippen molar-refractivity contribution in [1.29, 1.82) is 0 Å². The van der Waals surface area contributed by atoms with Gasteiger partial charge in [-0.15, -0.1) is 0 Å². The van der Waals surface area contributed by atoms with Crippen LogP contribution < -0.4 is 10.6 Å². The largest absolute Gasteiger partial charge is 0.323 e. The molecule has 0 fully saturated rings. The second-order valence-electron chi connectivity index (χ2n) is 3.69.